The van der Waals surface area contributed by atoms with Gasteiger partial charge in [-0.25, -0.2) is 9.78 Å². The van der Waals surface area contributed by atoms with Crippen molar-refractivity contribution in [2.24, 2.45) is 0 Å². The summed E-state index contributed by atoms with van der Waals surface area (Å²) in [7, 11) is 0. The van der Waals surface area contributed by atoms with Gasteiger partial charge in [-0.05, 0) is 43.7 Å². The summed E-state index contributed by atoms with van der Waals surface area (Å²) in [6, 6.07) is 11.0. The molecule has 0 bridgehead atoms. The number of amides is 1. The van der Waals surface area contributed by atoms with Gasteiger partial charge in [0.15, 0.2) is 0 Å². The zero-order chi connectivity index (χ0) is 26.4. The molecule has 4 aromatic rings. The SMILES string of the molecule is Cc1cnc(-c2cc3nc(C)n(Cc4ccc(Cl)cc4)c(=O)c3cc2O[C@H]2CCN3C(=O)OC[C@@H]3C2)cn1. The Bertz CT molecular complexity index is 1590. The molecule has 2 fully saturated rings. The lowest BCUT2D eigenvalue weighted by molar-refractivity contribution is 0.0941. The first-order chi connectivity index (χ1) is 18.4. The number of ether oxygens (including phenoxy) is 2. The highest BCUT2D eigenvalue weighted by Gasteiger charge is 2.39. The zero-order valence-corrected chi connectivity index (χ0v) is 21.8. The van der Waals surface area contributed by atoms with Gasteiger partial charge in [-0.3, -0.25) is 19.3 Å². The average molecular weight is 532 g/mol. The summed E-state index contributed by atoms with van der Waals surface area (Å²) < 4.78 is 13.4. The largest absolute Gasteiger partial charge is 0.490 e. The van der Waals surface area contributed by atoms with Crippen LogP contribution >= 0.6 is 11.6 Å². The Morgan fingerprint density at radius 2 is 1.92 bits per heavy atom. The van der Waals surface area contributed by atoms with Gasteiger partial charge in [0.1, 0.15) is 24.3 Å². The highest BCUT2D eigenvalue weighted by atomic mass is 35.5. The van der Waals surface area contributed by atoms with E-state index in [1.807, 2.05) is 32.0 Å². The van der Waals surface area contributed by atoms with E-state index in [1.165, 1.54) is 0 Å². The summed E-state index contributed by atoms with van der Waals surface area (Å²) in [4.78, 5) is 41.1. The quantitative estimate of drug-likeness (QED) is 0.373. The van der Waals surface area contributed by atoms with Crippen LogP contribution in [-0.2, 0) is 11.3 Å². The fourth-order valence-corrected chi connectivity index (χ4v) is 5.22. The van der Waals surface area contributed by atoms with Gasteiger partial charge in [0.25, 0.3) is 5.56 Å². The van der Waals surface area contributed by atoms with Crippen molar-refractivity contribution in [3.8, 4) is 17.0 Å². The molecule has 194 valence electrons. The molecule has 6 rings (SSSR count). The summed E-state index contributed by atoms with van der Waals surface area (Å²) in [6.07, 6.45) is 4.30. The molecule has 0 spiro atoms. The number of cyclic esters (lactones) is 1. The van der Waals surface area contributed by atoms with Crippen molar-refractivity contribution in [3.05, 3.63) is 81.3 Å². The third kappa shape index (κ3) is 4.58. The van der Waals surface area contributed by atoms with Crippen molar-refractivity contribution >= 4 is 28.6 Å². The lowest BCUT2D eigenvalue weighted by Crippen LogP contribution is -2.44. The van der Waals surface area contributed by atoms with E-state index in [1.54, 1.807) is 40.1 Å². The smallest absolute Gasteiger partial charge is 0.410 e. The molecule has 9 nitrogen and oxygen atoms in total. The molecule has 1 amide bonds. The van der Waals surface area contributed by atoms with E-state index in [4.69, 9.17) is 26.1 Å². The van der Waals surface area contributed by atoms with Crippen molar-refractivity contribution in [3.63, 3.8) is 0 Å². The van der Waals surface area contributed by atoms with Gasteiger partial charge in [-0.1, -0.05) is 23.7 Å². The molecule has 0 radical (unpaired) electrons. The first-order valence-electron chi connectivity index (χ1n) is 12.5. The van der Waals surface area contributed by atoms with Crippen molar-refractivity contribution in [1.29, 1.82) is 0 Å². The van der Waals surface area contributed by atoms with Gasteiger partial charge < -0.3 is 14.4 Å². The molecule has 0 N–H and O–H groups in total. The normalized spacial score (nSPS) is 18.9. The molecule has 10 heteroatoms. The molecule has 2 atom stereocenters. The second-order valence-corrected chi connectivity index (χ2v) is 10.2. The molecular weight excluding hydrogens is 506 g/mol. The van der Waals surface area contributed by atoms with Crippen LogP contribution in [0.4, 0.5) is 4.79 Å². The molecule has 0 saturated carbocycles. The van der Waals surface area contributed by atoms with Crippen LogP contribution in [0.2, 0.25) is 5.02 Å². The molecule has 4 heterocycles. The standard InChI is InChI=1S/C28H26ClN5O4/c1-16-12-31-25(13-30-16)22-10-24-23(11-26(22)38-21-7-8-33-20(9-21)15-37-28(33)36)27(35)34(17(2)32-24)14-18-3-5-19(29)6-4-18/h3-6,10-13,20-21H,7-9,14-15H2,1-2H3/t20-,21-/m0/s1. The molecule has 2 saturated heterocycles. The Hall–Kier alpha value is -3.98. The van der Waals surface area contributed by atoms with Crippen molar-refractivity contribution in [2.75, 3.05) is 13.2 Å². The lowest BCUT2D eigenvalue weighted by Gasteiger charge is -2.33. The number of piperidine rings is 1. The summed E-state index contributed by atoms with van der Waals surface area (Å²) in [5.41, 5.74) is 3.51. The third-order valence-electron chi connectivity index (χ3n) is 7.15. The second kappa shape index (κ2) is 9.72. The molecule has 38 heavy (non-hydrogen) atoms. The van der Waals surface area contributed by atoms with Crippen molar-refractivity contribution in [1.82, 2.24) is 24.4 Å². The number of hydrogen-bond acceptors (Lipinski definition) is 7. The van der Waals surface area contributed by atoms with E-state index in [2.05, 4.69) is 9.97 Å². The zero-order valence-electron chi connectivity index (χ0n) is 21.1. The minimum atomic E-state index is -0.266. The number of carbonyl (C=O) groups is 1. The summed E-state index contributed by atoms with van der Waals surface area (Å²) >= 11 is 6.03. The highest BCUT2D eigenvalue weighted by molar-refractivity contribution is 6.30. The molecule has 2 aliphatic heterocycles. The van der Waals surface area contributed by atoms with Crippen LogP contribution < -0.4 is 10.3 Å². The fourth-order valence-electron chi connectivity index (χ4n) is 5.10. The Morgan fingerprint density at radius 3 is 2.68 bits per heavy atom. The Kier molecular flexibility index (Phi) is 6.23. The first-order valence-corrected chi connectivity index (χ1v) is 12.9. The number of rotatable bonds is 5. The number of hydrogen-bond donors (Lipinski definition) is 0. The van der Waals surface area contributed by atoms with E-state index in [0.717, 1.165) is 11.3 Å². The Labute approximate surface area is 224 Å². The molecule has 0 aliphatic carbocycles. The van der Waals surface area contributed by atoms with Gasteiger partial charge in [0, 0.05) is 36.2 Å². The summed E-state index contributed by atoms with van der Waals surface area (Å²) in [5.74, 6) is 1.14. The van der Waals surface area contributed by atoms with Crippen LogP contribution in [0.1, 0.15) is 29.9 Å². The number of halogens is 1. The first kappa shape index (κ1) is 24.4. The third-order valence-corrected chi connectivity index (χ3v) is 7.40. The van der Waals surface area contributed by atoms with Crippen LogP contribution in [-0.4, -0.2) is 55.8 Å². The Morgan fingerprint density at radius 1 is 1.11 bits per heavy atom. The minimum Gasteiger partial charge on any atom is -0.490 e. The van der Waals surface area contributed by atoms with Crippen LogP contribution in [0.25, 0.3) is 22.2 Å². The van der Waals surface area contributed by atoms with Gasteiger partial charge in [-0.2, -0.15) is 0 Å². The summed E-state index contributed by atoms with van der Waals surface area (Å²) in [6.45, 7) is 5.01. The molecule has 0 unspecified atom stereocenters. The molecule has 2 aromatic heterocycles. The van der Waals surface area contributed by atoms with Gasteiger partial charge >= 0.3 is 6.09 Å². The van der Waals surface area contributed by atoms with E-state index < -0.39 is 0 Å². The second-order valence-electron chi connectivity index (χ2n) is 9.77. The van der Waals surface area contributed by atoms with Gasteiger partial charge in [0.2, 0.25) is 0 Å². The van der Waals surface area contributed by atoms with Crippen LogP contribution in [0, 0.1) is 13.8 Å². The van der Waals surface area contributed by atoms with E-state index in [9.17, 15) is 9.59 Å². The van der Waals surface area contributed by atoms with E-state index in [-0.39, 0.29) is 23.8 Å². The molecular formula is C28H26ClN5O4. The maximum Gasteiger partial charge on any atom is 0.410 e. The molecule has 2 aromatic carbocycles. The maximum absolute atomic E-state index is 13.7. The van der Waals surface area contributed by atoms with E-state index in [0.29, 0.717) is 71.3 Å². The average Bonchev–Trinajstić information content (AvgIpc) is 3.28. The monoisotopic (exact) mass is 531 g/mol. The van der Waals surface area contributed by atoms with Crippen LogP contribution in [0.5, 0.6) is 5.75 Å². The minimum absolute atomic E-state index is 0.00903. The number of aromatic nitrogens is 4. The van der Waals surface area contributed by atoms with Crippen molar-refractivity contribution < 1.29 is 14.3 Å². The number of carbonyl (C=O) groups excluding carboxylic acids is 1. The van der Waals surface area contributed by atoms with Crippen molar-refractivity contribution in [2.45, 2.75) is 45.4 Å². The number of nitrogens with zero attached hydrogens (tertiary/aromatic N) is 5. The van der Waals surface area contributed by atoms with Crippen LogP contribution in [0.15, 0.2) is 53.6 Å². The summed E-state index contributed by atoms with van der Waals surface area (Å²) in [5, 5.41) is 1.10. The topological polar surface area (TPSA) is 99.4 Å². The lowest BCUT2D eigenvalue weighted by atomic mass is 10.0. The number of fused-ring (bicyclic) bond motifs is 2. The van der Waals surface area contributed by atoms with Crippen LogP contribution in [0.3, 0.4) is 0 Å². The highest BCUT2D eigenvalue weighted by Crippen LogP contribution is 2.35. The van der Waals surface area contributed by atoms with Gasteiger partial charge in [-0.15, -0.1) is 0 Å². The number of benzene rings is 2. The number of aryl methyl sites for hydroxylation is 2. The predicted molar refractivity (Wildman–Crippen MR) is 143 cm³/mol. The molecule has 2 aliphatic rings. The maximum atomic E-state index is 13.7. The Balaban J connectivity index is 1.41. The van der Waals surface area contributed by atoms with Gasteiger partial charge in [0.05, 0.1) is 41.1 Å². The van der Waals surface area contributed by atoms with E-state index >= 15 is 0 Å². The predicted octanol–water partition coefficient (Wildman–Crippen LogP) is 4.53. The fraction of sp³-hybridized carbons (Fsp3) is 0.321.